The number of benzene rings is 2. The fraction of sp³-hybridized carbons (Fsp3) is 0.318. The van der Waals surface area contributed by atoms with E-state index in [4.69, 9.17) is 14.2 Å². The van der Waals surface area contributed by atoms with Gasteiger partial charge in [-0.15, -0.1) is 0 Å². The van der Waals surface area contributed by atoms with Crippen molar-refractivity contribution in [3.05, 3.63) is 59.3 Å². The molecular formula is C22H25NO5. The normalized spacial score (nSPS) is 15.1. The molecule has 1 N–H and O–H groups in total. The van der Waals surface area contributed by atoms with Crippen molar-refractivity contribution in [3.63, 3.8) is 0 Å². The van der Waals surface area contributed by atoms with Crippen LogP contribution in [0, 0.1) is 0 Å². The van der Waals surface area contributed by atoms with Crippen LogP contribution in [0.5, 0.6) is 17.2 Å². The first-order valence-electron chi connectivity index (χ1n) is 9.33. The van der Waals surface area contributed by atoms with E-state index in [9.17, 15) is 9.90 Å². The third-order valence-corrected chi connectivity index (χ3v) is 4.61. The SMILES string of the molecule is CCOC(=O)N1C=Cc2cc(O)c(OC)cc2C1Cc1cccc(OCC)c1. The zero-order valence-electron chi connectivity index (χ0n) is 16.3. The average Bonchev–Trinajstić information content (AvgIpc) is 2.68. The molecule has 1 heterocycles. The van der Waals surface area contributed by atoms with E-state index in [0.717, 1.165) is 22.4 Å². The Morgan fingerprint density at radius 3 is 2.71 bits per heavy atom. The summed E-state index contributed by atoms with van der Waals surface area (Å²) >= 11 is 0. The van der Waals surface area contributed by atoms with Gasteiger partial charge < -0.3 is 19.3 Å². The molecule has 6 heteroatoms. The Bertz CT molecular complexity index is 877. The summed E-state index contributed by atoms with van der Waals surface area (Å²) in [6.07, 6.45) is 3.63. The number of rotatable bonds is 6. The van der Waals surface area contributed by atoms with Crippen molar-refractivity contribution in [1.82, 2.24) is 4.90 Å². The van der Waals surface area contributed by atoms with Crippen LogP contribution >= 0.6 is 0 Å². The highest BCUT2D eigenvalue weighted by atomic mass is 16.6. The molecule has 28 heavy (non-hydrogen) atoms. The van der Waals surface area contributed by atoms with Gasteiger partial charge in [0.25, 0.3) is 0 Å². The van der Waals surface area contributed by atoms with Crippen LogP contribution in [-0.4, -0.2) is 36.4 Å². The van der Waals surface area contributed by atoms with Gasteiger partial charge in [-0.05, 0) is 67.3 Å². The monoisotopic (exact) mass is 383 g/mol. The van der Waals surface area contributed by atoms with E-state index in [1.165, 1.54) is 7.11 Å². The van der Waals surface area contributed by atoms with E-state index >= 15 is 0 Å². The van der Waals surface area contributed by atoms with E-state index in [1.54, 1.807) is 36.2 Å². The predicted octanol–water partition coefficient (Wildman–Crippen LogP) is 4.53. The van der Waals surface area contributed by atoms with Gasteiger partial charge in [-0.2, -0.15) is 0 Å². The van der Waals surface area contributed by atoms with E-state index in [-0.39, 0.29) is 11.8 Å². The fourth-order valence-corrected chi connectivity index (χ4v) is 3.36. The molecular weight excluding hydrogens is 358 g/mol. The number of amides is 1. The highest BCUT2D eigenvalue weighted by molar-refractivity contribution is 5.74. The number of phenols is 1. The van der Waals surface area contributed by atoms with Crippen LogP contribution in [0.15, 0.2) is 42.6 Å². The zero-order chi connectivity index (χ0) is 20.1. The molecule has 0 saturated carbocycles. The number of ether oxygens (including phenoxy) is 3. The van der Waals surface area contributed by atoms with Gasteiger partial charge in [-0.25, -0.2) is 4.79 Å². The summed E-state index contributed by atoms with van der Waals surface area (Å²) in [7, 11) is 1.50. The van der Waals surface area contributed by atoms with E-state index in [1.807, 2.05) is 31.2 Å². The predicted molar refractivity (Wildman–Crippen MR) is 107 cm³/mol. The molecule has 6 nitrogen and oxygen atoms in total. The van der Waals surface area contributed by atoms with Crippen molar-refractivity contribution >= 4 is 12.2 Å². The van der Waals surface area contributed by atoms with Gasteiger partial charge in [0.05, 0.1) is 26.4 Å². The number of carbonyl (C=O) groups excluding carboxylic acids is 1. The molecule has 2 aromatic rings. The number of hydrogen-bond acceptors (Lipinski definition) is 5. The number of aromatic hydroxyl groups is 1. The summed E-state index contributed by atoms with van der Waals surface area (Å²) < 4.78 is 16.1. The van der Waals surface area contributed by atoms with Crippen LogP contribution in [0.4, 0.5) is 4.79 Å². The largest absolute Gasteiger partial charge is 0.504 e. The van der Waals surface area contributed by atoms with Gasteiger partial charge >= 0.3 is 6.09 Å². The zero-order valence-corrected chi connectivity index (χ0v) is 16.3. The quantitative estimate of drug-likeness (QED) is 0.794. The summed E-state index contributed by atoms with van der Waals surface area (Å²) in [5.41, 5.74) is 2.75. The van der Waals surface area contributed by atoms with Gasteiger partial charge in [0.2, 0.25) is 0 Å². The Hall–Kier alpha value is -3.15. The molecule has 1 aliphatic rings. The number of methoxy groups -OCH3 is 1. The molecule has 0 aromatic heterocycles. The maximum Gasteiger partial charge on any atom is 0.414 e. The Kier molecular flexibility index (Phi) is 6.09. The molecule has 1 amide bonds. The molecule has 148 valence electrons. The first kappa shape index (κ1) is 19.6. The summed E-state index contributed by atoms with van der Waals surface area (Å²) in [5.74, 6) is 1.22. The molecule has 1 unspecified atom stereocenters. The first-order chi connectivity index (χ1) is 13.6. The van der Waals surface area contributed by atoms with Crippen LogP contribution in [0.1, 0.15) is 36.6 Å². The molecule has 0 bridgehead atoms. The Balaban J connectivity index is 2.01. The molecule has 1 atom stereocenters. The molecule has 0 saturated heterocycles. The highest BCUT2D eigenvalue weighted by Gasteiger charge is 2.30. The lowest BCUT2D eigenvalue weighted by atomic mass is 9.91. The summed E-state index contributed by atoms with van der Waals surface area (Å²) in [4.78, 5) is 14.1. The smallest absolute Gasteiger partial charge is 0.414 e. The second-order valence-electron chi connectivity index (χ2n) is 6.38. The van der Waals surface area contributed by atoms with E-state index < -0.39 is 6.09 Å². The van der Waals surface area contributed by atoms with Crippen LogP contribution in [0.25, 0.3) is 6.08 Å². The third-order valence-electron chi connectivity index (χ3n) is 4.61. The fourth-order valence-electron chi connectivity index (χ4n) is 3.36. The second kappa shape index (κ2) is 8.69. The van der Waals surface area contributed by atoms with Crippen molar-refractivity contribution < 1.29 is 24.1 Å². The number of phenolic OH excluding ortho intramolecular Hbond substituents is 1. The Labute approximate surface area is 164 Å². The summed E-state index contributed by atoms with van der Waals surface area (Å²) in [6, 6.07) is 10.9. The minimum atomic E-state index is -0.414. The molecule has 3 rings (SSSR count). The third kappa shape index (κ3) is 4.06. The lowest BCUT2D eigenvalue weighted by molar-refractivity contribution is 0.109. The summed E-state index contributed by atoms with van der Waals surface area (Å²) in [5, 5.41) is 10.1. The van der Waals surface area contributed by atoms with Crippen molar-refractivity contribution in [3.8, 4) is 17.2 Å². The summed E-state index contributed by atoms with van der Waals surface area (Å²) in [6.45, 7) is 4.60. The maximum atomic E-state index is 12.5. The van der Waals surface area contributed by atoms with Crippen LogP contribution < -0.4 is 9.47 Å². The number of fused-ring (bicyclic) bond motifs is 1. The van der Waals surface area contributed by atoms with Gasteiger partial charge in [0, 0.05) is 6.20 Å². The lowest BCUT2D eigenvalue weighted by Crippen LogP contribution is -2.34. The van der Waals surface area contributed by atoms with Crippen LogP contribution in [0.2, 0.25) is 0 Å². The van der Waals surface area contributed by atoms with Gasteiger partial charge in [-0.3, -0.25) is 4.90 Å². The maximum absolute atomic E-state index is 12.5. The number of carbonyl (C=O) groups is 1. The van der Waals surface area contributed by atoms with E-state index in [0.29, 0.717) is 25.4 Å². The molecule has 0 fully saturated rings. The van der Waals surface area contributed by atoms with E-state index in [2.05, 4.69) is 0 Å². The van der Waals surface area contributed by atoms with Gasteiger partial charge in [0.1, 0.15) is 5.75 Å². The average molecular weight is 383 g/mol. The standard InChI is InChI=1S/C22H25NO5/c1-4-27-17-8-6-7-15(11-17)12-19-18-14-21(26-3)20(24)13-16(18)9-10-23(19)22(25)28-5-2/h6-11,13-14,19,24H,4-5,12H2,1-3H3. The Morgan fingerprint density at radius 1 is 1.18 bits per heavy atom. The molecule has 2 aromatic carbocycles. The lowest BCUT2D eigenvalue weighted by Gasteiger charge is -2.33. The van der Waals surface area contributed by atoms with Crippen molar-refractivity contribution in [2.45, 2.75) is 26.3 Å². The molecule has 0 aliphatic carbocycles. The Morgan fingerprint density at radius 2 is 2.00 bits per heavy atom. The molecule has 0 radical (unpaired) electrons. The topological polar surface area (TPSA) is 68.2 Å². The molecule has 1 aliphatic heterocycles. The second-order valence-corrected chi connectivity index (χ2v) is 6.38. The number of hydrogen-bond donors (Lipinski definition) is 1. The van der Waals surface area contributed by atoms with Gasteiger partial charge in [-0.1, -0.05) is 12.1 Å². The van der Waals surface area contributed by atoms with Crippen LogP contribution in [-0.2, 0) is 11.2 Å². The number of nitrogens with zero attached hydrogens (tertiary/aromatic N) is 1. The minimum absolute atomic E-state index is 0.0626. The van der Waals surface area contributed by atoms with Crippen molar-refractivity contribution in [1.29, 1.82) is 0 Å². The van der Waals surface area contributed by atoms with Gasteiger partial charge in [0.15, 0.2) is 11.5 Å². The van der Waals surface area contributed by atoms with Crippen molar-refractivity contribution in [2.75, 3.05) is 20.3 Å². The minimum Gasteiger partial charge on any atom is -0.504 e. The molecule has 0 spiro atoms. The van der Waals surface area contributed by atoms with Crippen molar-refractivity contribution in [2.24, 2.45) is 0 Å². The highest BCUT2D eigenvalue weighted by Crippen LogP contribution is 2.39. The van der Waals surface area contributed by atoms with Crippen LogP contribution in [0.3, 0.4) is 0 Å². The first-order valence-corrected chi connectivity index (χ1v) is 9.33.